The number of furan rings is 1. The third kappa shape index (κ3) is 4.27. The van der Waals surface area contributed by atoms with Crippen LogP contribution in [0.15, 0.2) is 205 Å². The van der Waals surface area contributed by atoms with Gasteiger partial charge in [0.1, 0.15) is 11.2 Å². The molecule has 13 rings (SSSR count). The van der Waals surface area contributed by atoms with Crippen molar-refractivity contribution >= 4 is 39.0 Å². The fourth-order valence-corrected chi connectivity index (χ4v) is 11.4. The molecule has 10 aromatic rings. The van der Waals surface area contributed by atoms with Crippen LogP contribution in [0.25, 0.3) is 66.4 Å². The Morgan fingerprint density at radius 3 is 1.65 bits per heavy atom. The fraction of sp³-hybridized carbons (Fsp3) is 0.0690. The van der Waals surface area contributed by atoms with Crippen LogP contribution < -0.4 is 4.90 Å². The van der Waals surface area contributed by atoms with Gasteiger partial charge in [0.05, 0.1) is 5.41 Å². The van der Waals surface area contributed by atoms with Crippen molar-refractivity contribution in [3.05, 3.63) is 234 Å². The summed E-state index contributed by atoms with van der Waals surface area (Å²) in [5, 5.41) is 2.29. The first kappa shape index (κ1) is 33.5. The van der Waals surface area contributed by atoms with E-state index in [4.69, 9.17) is 4.42 Å². The van der Waals surface area contributed by atoms with Gasteiger partial charge in [0.25, 0.3) is 0 Å². The van der Waals surface area contributed by atoms with Crippen molar-refractivity contribution in [3.63, 3.8) is 0 Å². The average Bonchev–Trinajstić information content (AvgIpc) is 3.98. The molecule has 0 saturated carbocycles. The predicted molar refractivity (Wildman–Crippen MR) is 248 cm³/mol. The van der Waals surface area contributed by atoms with Crippen molar-refractivity contribution in [2.45, 2.75) is 24.7 Å². The molecule has 0 aliphatic heterocycles. The summed E-state index contributed by atoms with van der Waals surface area (Å²) in [5.41, 5.74) is 22.6. The third-order valence-corrected chi connectivity index (χ3v) is 13.9. The quantitative estimate of drug-likeness (QED) is 0.177. The van der Waals surface area contributed by atoms with Crippen LogP contribution in [0.1, 0.15) is 47.2 Å². The Kier molecular flexibility index (Phi) is 6.74. The smallest absolute Gasteiger partial charge is 0.136 e. The monoisotopic (exact) mass is 765 g/mol. The SMILES string of the molecule is CC1(C)c2ccccc2-c2ccc(N(c3ccccc3)c3ccc4c(c3)-c3c(cc5oc6ccccc6c5c3-c3ccccc3)C43c4ccccc4-c4ccccc43)cc21. The van der Waals surface area contributed by atoms with Crippen LogP contribution >= 0.6 is 0 Å². The molecule has 0 bridgehead atoms. The van der Waals surface area contributed by atoms with E-state index in [0.29, 0.717) is 0 Å². The Labute approximate surface area is 349 Å². The van der Waals surface area contributed by atoms with Crippen molar-refractivity contribution in [1.82, 2.24) is 0 Å². The van der Waals surface area contributed by atoms with Gasteiger partial charge in [0.15, 0.2) is 0 Å². The number of fused-ring (bicyclic) bond motifs is 16. The van der Waals surface area contributed by atoms with E-state index in [1.54, 1.807) is 0 Å². The second-order valence-corrected chi connectivity index (χ2v) is 17.2. The number of rotatable bonds is 4. The van der Waals surface area contributed by atoms with Gasteiger partial charge in [-0.1, -0.05) is 166 Å². The van der Waals surface area contributed by atoms with Crippen LogP contribution in [-0.2, 0) is 10.8 Å². The van der Waals surface area contributed by atoms with E-state index in [-0.39, 0.29) is 5.41 Å². The van der Waals surface area contributed by atoms with Crippen molar-refractivity contribution in [2.75, 3.05) is 4.90 Å². The first-order valence-electron chi connectivity index (χ1n) is 21.0. The first-order valence-corrected chi connectivity index (χ1v) is 21.0. The fourth-order valence-electron chi connectivity index (χ4n) is 11.4. The highest BCUT2D eigenvalue weighted by atomic mass is 16.3. The summed E-state index contributed by atoms with van der Waals surface area (Å²) < 4.78 is 6.86. The van der Waals surface area contributed by atoms with Crippen LogP contribution in [0.4, 0.5) is 17.1 Å². The lowest BCUT2D eigenvalue weighted by molar-refractivity contribution is 0.660. The molecule has 1 aromatic heterocycles. The molecule has 1 spiro atoms. The summed E-state index contributed by atoms with van der Waals surface area (Å²) in [6.45, 7) is 4.73. The van der Waals surface area contributed by atoms with Crippen molar-refractivity contribution in [2.24, 2.45) is 0 Å². The van der Waals surface area contributed by atoms with Crippen LogP contribution in [-0.4, -0.2) is 0 Å². The van der Waals surface area contributed by atoms with Gasteiger partial charge >= 0.3 is 0 Å². The molecule has 0 fully saturated rings. The summed E-state index contributed by atoms with van der Waals surface area (Å²) >= 11 is 0. The topological polar surface area (TPSA) is 16.4 Å². The zero-order chi connectivity index (χ0) is 39.7. The van der Waals surface area contributed by atoms with Gasteiger partial charge in [-0.05, 0) is 121 Å². The minimum atomic E-state index is -0.548. The highest BCUT2D eigenvalue weighted by Gasteiger charge is 2.53. The van der Waals surface area contributed by atoms with E-state index in [0.717, 1.165) is 39.0 Å². The van der Waals surface area contributed by atoms with Gasteiger partial charge < -0.3 is 9.32 Å². The van der Waals surface area contributed by atoms with Crippen LogP contribution in [0.3, 0.4) is 0 Å². The molecule has 2 heteroatoms. The van der Waals surface area contributed by atoms with Crippen molar-refractivity contribution in [3.8, 4) is 44.5 Å². The number of anilines is 3. The lowest BCUT2D eigenvalue weighted by Gasteiger charge is -2.31. The highest BCUT2D eigenvalue weighted by Crippen LogP contribution is 2.66. The van der Waals surface area contributed by atoms with Crippen LogP contribution in [0.2, 0.25) is 0 Å². The van der Waals surface area contributed by atoms with E-state index >= 15 is 0 Å². The Bertz CT molecular complexity index is 3360. The van der Waals surface area contributed by atoms with E-state index in [1.807, 2.05) is 0 Å². The molecule has 2 nitrogen and oxygen atoms in total. The summed E-state index contributed by atoms with van der Waals surface area (Å²) in [4.78, 5) is 2.45. The van der Waals surface area contributed by atoms with E-state index in [9.17, 15) is 0 Å². The minimum Gasteiger partial charge on any atom is -0.456 e. The maximum absolute atomic E-state index is 6.86. The normalized spacial score (nSPS) is 14.4. The number of para-hydroxylation sites is 2. The van der Waals surface area contributed by atoms with Gasteiger partial charge in [-0.2, -0.15) is 0 Å². The first-order chi connectivity index (χ1) is 29.5. The summed E-state index contributed by atoms with van der Waals surface area (Å²) in [6.07, 6.45) is 0. The maximum atomic E-state index is 6.86. The van der Waals surface area contributed by atoms with Gasteiger partial charge in [0.2, 0.25) is 0 Å². The zero-order valence-electron chi connectivity index (χ0n) is 33.4. The van der Waals surface area contributed by atoms with E-state index in [1.165, 1.54) is 77.9 Å². The van der Waals surface area contributed by atoms with Crippen molar-refractivity contribution in [1.29, 1.82) is 0 Å². The number of hydrogen-bond donors (Lipinski definition) is 0. The molecular weight excluding hydrogens is 727 g/mol. The van der Waals surface area contributed by atoms with Crippen LogP contribution in [0, 0.1) is 0 Å². The highest BCUT2D eigenvalue weighted by molar-refractivity contribution is 6.18. The summed E-state index contributed by atoms with van der Waals surface area (Å²) in [5.74, 6) is 0. The van der Waals surface area contributed by atoms with Crippen LogP contribution in [0.5, 0.6) is 0 Å². The molecule has 60 heavy (non-hydrogen) atoms. The van der Waals surface area contributed by atoms with Gasteiger partial charge in [-0.25, -0.2) is 0 Å². The number of nitrogens with zero attached hydrogens (tertiary/aromatic N) is 1. The lowest BCUT2D eigenvalue weighted by atomic mass is 9.70. The Morgan fingerprint density at radius 1 is 0.367 bits per heavy atom. The molecule has 1 heterocycles. The lowest BCUT2D eigenvalue weighted by Crippen LogP contribution is -2.26. The zero-order valence-corrected chi connectivity index (χ0v) is 33.4. The van der Waals surface area contributed by atoms with E-state index in [2.05, 4.69) is 219 Å². The number of hydrogen-bond acceptors (Lipinski definition) is 2. The second-order valence-electron chi connectivity index (χ2n) is 17.2. The summed E-state index contributed by atoms with van der Waals surface area (Å²) in [6, 6.07) is 74.1. The maximum Gasteiger partial charge on any atom is 0.136 e. The molecular formula is C58H39NO. The molecule has 3 aliphatic carbocycles. The average molecular weight is 766 g/mol. The summed E-state index contributed by atoms with van der Waals surface area (Å²) in [7, 11) is 0. The van der Waals surface area contributed by atoms with Crippen molar-refractivity contribution < 1.29 is 4.42 Å². The van der Waals surface area contributed by atoms with E-state index < -0.39 is 5.41 Å². The largest absolute Gasteiger partial charge is 0.456 e. The molecule has 0 amide bonds. The Hall–Kier alpha value is -7.42. The minimum absolute atomic E-state index is 0.125. The molecule has 0 saturated heterocycles. The van der Waals surface area contributed by atoms with Gasteiger partial charge in [-0.15, -0.1) is 0 Å². The molecule has 0 radical (unpaired) electrons. The third-order valence-electron chi connectivity index (χ3n) is 13.9. The molecule has 0 unspecified atom stereocenters. The molecule has 3 aliphatic rings. The number of benzene rings is 9. The van der Waals surface area contributed by atoms with Gasteiger partial charge in [0, 0.05) is 38.8 Å². The Balaban J connectivity index is 1.15. The second kappa shape index (κ2) is 12.1. The molecule has 9 aromatic carbocycles. The Morgan fingerprint density at radius 2 is 0.917 bits per heavy atom. The molecule has 0 atom stereocenters. The predicted octanol–water partition coefficient (Wildman–Crippen LogP) is 15.4. The molecule has 0 N–H and O–H groups in total. The van der Waals surface area contributed by atoms with Gasteiger partial charge in [-0.3, -0.25) is 0 Å². The standard InChI is InChI=1S/C58H39NO/c1-57(2)46-25-13-9-21-40(46)43-31-29-39(34-50(43)57)59(37-19-7-4-8-20-37)38-30-32-49-45(33-38)55-51(58(49)47-26-14-10-22-41(47)42-23-11-15-27-48(42)58)35-53-56(44-24-12-16-28-52(44)60-53)54(55)36-17-5-3-6-18-36/h3-35H,1-2H3. The molecule has 282 valence electrons.